The Kier molecular flexibility index (Phi) is 3.90. The van der Waals surface area contributed by atoms with Crippen molar-refractivity contribution < 1.29 is 9.15 Å². The lowest BCUT2D eigenvalue weighted by atomic mass is 10.0. The predicted molar refractivity (Wildman–Crippen MR) is 105 cm³/mol. The van der Waals surface area contributed by atoms with E-state index in [9.17, 15) is 0 Å². The summed E-state index contributed by atoms with van der Waals surface area (Å²) in [4.78, 5) is 15.0. The second kappa shape index (κ2) is 6.55. The van der Waals surface area contributed by atoms with Gasteiger partial charge in [-0.2, -0.15) is 0 Å². The summed E-state index contributed by atoms with van der Waals surface area (Å²) in [6, 6.07) is 12.2. The van der Waals surface area contributed by atoms with Crippen LogP contribution in [0.3, 0.4) is 0 Å². The first-order chi connectivity index (χ1) is 13.3. The lowest BCUT2D eigenvalue weighted by molar-refractivity contribution is 0.122. The van der Waals surface area contributed by atoms with Gasteiger partial charge in [-0.25, -0.2) is 9.97 Å². The molecule has 4 heterocycles. The van der Waals surface area contributed by atoms with Gasteiger partial charge >= 0.3 is 0 Å². The highest BCUT2D eigenvalue weighted by atomic mass is 16.5. The van der Waals surface area contributed by atoms with Crippen molar-refractivity contribution in [1.29, 1.82) is 0 Å². The Labute approximate surface area is 156 Å². The number of rotatable bonds is 3. The summed E-state index contributed by atoms with van der Waals surface area (Å²) < 4.78 is 11.4. The van der Waals surface area contributed by atoms with Gasteiger partial charge in [-0.3, -0.25) is 0 Å². The number of ether oxygens (including phenoxy) is 1. The minimum atomic E-state index is 0.697. The molecule has 1 N–H and O–H groups in total. The summed E-state index contributed by atoms with van der Waals surface area (Å²) in [5, 5.41) is 1.14. The van der Waals surface area contributed by atoms with Gasteiger partial charge in [0.1, 0.15) is 11.5 Å². The highest BCUT2D eigenvalue weighted by Crippen LogP contribution is 2.36. The highest BCUT2D eigenvalue weighted by Gasteiger charge is 2.20. The van der Waals surface area contributed by atoms with Gasteiger partial charge in [0.2, 0.25) is 5.95 Å². The fraction of sp³-hybridized carbons (Fsp3) is 0.238. The topological polar surface area (TPSA) is 67.2 Å². The van der Waals surface area contributed by atoms with Gasteiger partial charge in [-0.15, -0.1) is 0 Å². The molecule has 6 nitrogen and oxygen atoms in total. The van der Waals surface area contributed by atoms with Gasteiger partial charge in [0, 0.05) is 47.5 Å². The predicted octanol–water partition coefficient (Wildman–Crippen LogP) is 4.03. The van der Waals surface area contributed by atoms with E-state index >= 15 is 0 Å². The number of nitrogens with one attached hydrogen (secondary N) is 1. The van der Waals surface area contributed by atoms with Crippen LogP contribution >= 0.6 is 0 Å². The summed E-state index contributed by atoms with van der Waals surface area (Å²) in [5.41, 5.74) is 3.93. The van der Waals surface area contributed by atoms with Crippen LogP contribution in [-0.2, 0) is 4.74 Å². The third-order valence-electron chi connectivity index (χ3n) is 4.92. The highest BCUT2D eigenvalue weighted by molar-refractivity contribution is 5.98. The lowest BCUT2D eigenvalue weighted by Crippen LogP contribution is -2.37. The molecular weight excluding hydrogens is 340 g/mol. The maximum absolute atomic E-state index is 5.92. The van der Waals surface area contributed by atoms with Gasteiger partial charge in [-0.1, -0.05) is 18.2 Å². The first-order valence-electron chi connectivity index (χ1n) is 9.12. The molecule has 0 saturated carbocycles. The zero-order valence-electron chi connectivity index (χ0n) is 15.1. The number of benzene rings is 1. The van der Waals surface area contributed by atoms with E-state index in [1.54, 1.807) is 0 Å². The number of hydrogen-bond acceptors (Lipinski definition) is 5. The van der Waals surface area contributed by atoms with Crippen molar-refractivity contribution in [2.45, 2.75) is 6.92 Å². The number of H-pyrrole nitrogens is 1. The van der Waals surface area contributed by atoms with Crippen molar-refractivity contribution >= 4 is 16.9 Å². The largest absolute Gasteiger partial charge is 0.460 e. The molecule has 0 bridgehead atoms. The minimum Gasteiger partial charge on any atom is -0.460 e. The van der Waals surface area contributed by atoms with Gasteiger partial charge in [0.25, 0.3) is 0 Å². The van der Waals surface area contributed by atoms with Gasteiger partial charge in [0.05, 0.1) is 13.2 Å². The Hall–Kier alpha value is -3.12. The van der Waals surface area contributed by atoms with Crippen molar-refractivity contribution in [3.05, 3.63) is 54.6 Å². The van der Waals surface area contributed by atoms with Crippen LogP contribution in [0.15, 0.2) is 53.2 Å². The molecule has 6 heteroatoms. The number of para-hydroxylation sites is 1. The van der Waals surface area contributed by atoms with E-state index < -0.39 is 0 Å². The second-order valence-electron chi connectivity index (χ2n) is 6.69. The molecular formula is C21H20N4O2. The number of nitrogens with zero attached hydrogens (tertiary/aromatic N) is 3. The normalized spacial score (nSPS) is 14.8. The molecule has 1 aliphatic rings. The summed E-state index contributed by atoms with van der Waals surface area (Å²) in [6.07, 6.45) is 3.91. The standard InChI is InChI=1S/C21H20N4O2/c1-14-6-7-19(27-14)20-17(16-12-22-18-5-3-2-4-15(16)18)13-23-21(24-20)25-8-10-26-11-9-25/h2-7,12-13,22H,8-11H2,1H3. The molecule has 27 heavy (non-hydrogen) atoms. The molecule has 0 aliphatic carbocycles. The van der Waals surface area contributed by atoms with Crippen molar-refractivity contribution in [3.63, 3.8) is 0 Å². The van der Waals surface area contributed by atoms with Gasteiger partial charge < -0.3 is 19.0 Å². The Morgan fingerprint density at radius 3 is 2.70 bits per heavy atom. The first-order valence-corrected chi connectivity index (χ1v) is 9.12. The molecule has 1 fully saturated rings. The smallest absolute Gasteiger partial charge is 0.226 e. The summed E-state index contributed by atoms with van der Waals surface area (Å²) >= 11 is 0. The Morgan fingerprint density at radius 2 is 1.89 bits per heavy atom. The third-order valence-corrected chi connectivity index (χ3v) is 4.92. The minimum absolute atomic E-state index is 0.697. The van der Waals surface area contributed by atoms with Gasteiger partial charge in [0.15, 0.2) is 5.76 Å². The van der Waals surface area contributed by atoms with Crippen LogP contribution < -0.4 is 4.90 Å². The molecule has 1 aromatic carbocycles. The second-order valence-corrected chi connectivity index (χ2v) is 6.69. The van der Waals surface area contributed by atoms with Crippen LogP contribution in [0, 0.1) is 6.92 Å². The number of hydrogen-bond donors (Lipinski definition) is 1. The number of aromatic amines is 1. The molecule has 0 atom stereocenters. The number of aromatic nitrogens is 3. The summed E-state index contributed by atoms with van der Waals surface area (Å²) in [7, 11) is 0. The molecule has 0 spiro atoms. The number of morpholine rings is 1. The van der Waals surface area contributed by atoms with Crippen LogP contribution in [0.25, 0.3) is 33.5 Å². The molecule has 1 aliphatic heterocycles. The van der Waals surface area contributed by atoms with E-state index in [1.165, 1.54) is 0 Å². The summed E-state index contributed by atoms with van der Waals surface area (Å²) in [5.74, 6) is 2.33. The Bertz CT molecular complexity index is 1090. The first kappa shape index (κ1) is 16.1. The van der Waals surface area contributed by atoms with Crippen LogP contribution in [0.1, 0.15) is 5.76 Å². The van der Waals surface area contributed by atoms with Crippen molar-refractivity contribution in [3.8, 4) is 22.6 Å². The molecule has 4 aromatic rings. The molecule has 0 unspecified atom stereocenters. The monoisotopic (exact) mass is 360 g/mol. The molecule has 0 radical (unpaired) electrons. The molecule has 1 saturated heterocycles. The average Bonchev–Trinajstić information content (AvgIpc) is 3.34. The fourth-order valence-corrected chi connectivity index (χ4v) is 3.53. The van der Waals surface area contributed by atoms with Crippen LogP contribution in [0.5, 0.6) is 0 Å². The van der Waals surface area contributed by atoms with E-state index in [0.717, 1.165) is 52.3 Å². The maximum atomic E-state index is 5.92. The molecule has 5 rings (SSSR count). The maximum Gasteiger partial charge on any atom is 0.226 e. The Balaban J connectivity index is 1.68. The summed E-state index contributed by atoms with van der Waals surface area (Å²) in [6.45, 7) is 4.93. The third kappa shape index (κ3) is 2.88. The number of aryl methyl sites for hydroxylation is 1. The van der Waals surface area contributed by atoms with E-state index in [1.807, 2.05) is 43.6 Å². The lowest BCUT2D eigenvalue weighted by Gasteiger charge is -2.27. The van der Waals surface area contributed by atoms with Crippen molar-refractivity contribution in [1.82, 2.24) is 15.0 Å². The quantitative estimate of drug-likeness (QED) is 0.597. The molecule has 0 amide bonds. The van der Waals surface area contributed by atoms with E-state index in [2.05, 4.69) is 27.0 Å². The average molecular weight is 360 g/mol. The molecule has 3 aromatic heterocycles. The number of anilines is 1. The SMILES string of the molecule is Cc1ccc(-c2nc(N3CCOCC3)ncc2-c2c[nH]c3ccccc23)o1. The number of furan rings is 1. The van der Waals surface area contributed by atoms with Gasteiger partial charge in [-0.05, 0) is 25.1 Å². The van der Waals surface area contributed by atoms with Crippen molar-refractivity contribution in [2.75, 3.05) is 31.2 Å². The van der Waals surface area contributed by atoms with Crippen LogP contribution in [0.4, 0.5) is 5.95 Å². The van der Waals surface area contributed by atoms with E-state index in [4.69, 9.17) is 14.1 Å². The van der Waals surface area contributed by atoms with Crippen molar-refractivity contribution in [2.24, 2.45) is 0 Å². The fourth-order valence-electron chi connectivity index (χ4n) is 3.53. The zero-order valence-corrected chi connectivity index (χ0v) is 15.1. The van der Waals surface area contributed by atoms with E-state index in [0.29, 0.717) is 19.2 Å². The van der Waals surface area contributed by atoms with Crippen LogP contribution in [0.2, 0.25) is 0 Å². The molecule has 136 valence electrons. The van der Waals surface area contributed by atoms with E-state index in [-0.39, 0.29) is 0 Å². The van der Waals surface area contributed by atoms with Crippen LogP contribution in [-0.4, -0.2) is 41.3 Å². The zero-order chi connectivity index (χ0) is 18.2. The number of fused-ring (bicyclic) bond motifs is 1. The Morgan fingerprint density at radius 1 is 1.04 bits per heavy atom.